The Hall–Kier alpha value is -3.41. The second-order valence-electron chi connectivity index (χ2n) is 6.58. The number of rotatable bonds is 5. The Kier molecular flexibility index (Phi) is 5.59. The van der Waals surface area contributed by atoms with Crippen LogP contribution in [0.1, 0.15) is 36.2 Å². The molecule has 0 aromatic heterocycles. The van der Waals surface area contributed by atoms with Gasteiger partial charge in [-0.2, -0.15) is 0 Å². The minimum atomic E-state index is -0.997. The van der Waals surface area contributed by atoms with Gasteiger partial charge in [-0.3, -0.25) is 4.79 Å². The number of nitrogens with zero attached hydrogens (tertiary/aromatic N) is 2. The smallest absolute Gasteiger partial charge is 0.332 e. The van der Waals surface area contributed by atoms with E-state index in [1.807, 2.05) is 56.3 Å². The van der Waals surface area contributed by atoms with E-state index in [9.17, 15) is 14.7 Å². The van der Waals surface area contributed by atoms with E-state index in [2.05, 4.69) is 4.99 Å². The molecule has 1 aliphatic rings. The van der Waals surface area contributed by atoms with Crippen LogP contribution < -0.4 is 5.73 Å². The SMILES string of the molecule is CCN(CC)C(=O)c1ccc(-c2ccc3c(c2)N=C(N)CC(C(=O)O)=C3)cc1. The number of hydrogen-bond acceptors (Lipinski definition) is 4. The highest BCUT2D eigenvalue weighted by Crippen LogP contribution is 2.31. The summed E-state index contributed by atoms with van der Waals surface area (Å²) in [4.78, 5) is 29.9. The first-order valence-electron chi connectivity index (χ1n) is 9.23. The van der Waals surface area contributed by atoms with Gasteiger partial charge in [-0.15, -0.1) is 0 Å². The molecule has 0 saturated carbocycles. The zero-order valence-electron chi connectivity index (χ0n) is 16.0. The molecule has 3 N–H and O–H groups in total. The average Bonchev–Trinajstić information content (AvgIpc) is 2.86. The van der Waals surface area contributed by atoms with Gasteiger partial charge in [-0.05, 0) is 49.2 Å². The molecule has 3 rings (SSSR count). The summed E-state index contributed by atoms with van der Waals surface area (Å²) in [7, 11) is 0. The van der Waals surface area contributed by atoms with E-state index in [1.165, 1.54) is 0 Å². The lowest BCUT2D eigenvalue weighted by molar-refractivity contribution is -0.132. The highest BCUT2D eigenvalue weighted by Gasteiger charge is 2.16. The molecular weight excluding hydrogens is 354 g/mol. The quantitative estimate of drug-likeness (QED) is 0.830. The van der Waals surface area contributed by atoms with Crippen LogP contribution in [0.2, 0.25) is 0 Å². The molecule has 6 heteroatoms. The predicted molar refractivity (Wildman–Crippen MR) is 111 cm³/mol. The van der Waals surface area contributed by atoms with Crippen LogP contribution in [0.15, 0.2) is 53.0 Å². The number of carboxylic acids is 1. The minimum Gasteiger partial charge on any atom is -0.478 e. The molecule has 0 unspecified atom stereocenters. The third-order valence-corrected chi connectivity index (χ3v) is 4.79. The normalized spacial score (nSPS) is 13.1. The topological polar surface area (TPSA) is 96.0 Å². The largest absolute Gasteiger partial charge is 0.478 e. The molecule has 1 amide bonds. The van der Waals surface area contributed by atoms with Crippen LogP contribution in [0.4, 0.5) is 5.69 Å². The van der Waals surface area contributed by atoms with Crippen LogP contribution in [0.3, 0.4) is 0 Å². The number of amides is 1. The predicted octanol–water partition coefficient (Wildman–Crippen LogP) is 3.70. The van der Waals surface area contributed by atoms with E-state index in [0.717, 1.165) is 16.7 Å². The van der Waals surface area contributed by atoms with E-state index < -0.39 is 5.97 Å². The van der Waals surface area contributed by atoms with E-state index >= 15 is 0 Å². The Morgan fingerprint density at radius 1 is 1.07 bits per heavy atom. The minimum absolute atomic E-state index is 0.0159. The Labute approximate surface area is 164 Å². The highest BCUT2D eigenvalue weighted by atomic mass is 16.4. The lowest BCUT2D eigenvalue weighted by Gasteiger charge is -2.18. The van der Waals surface area contributed by atoms with Crippen molar-refractivity contribution in [1.82, 2.24) is 4.90 Å². The highest BCUT2D eigenvalue weighted by molar-refractivity contribution is 6.02. The van der Waals surface area contributed by atoms with Crippen molar-refractivity contribution < 1.29 is 14.7 Å². The van der Waals surface area contributed by atoms with E-state index in [0.29, 0.717) is 24.3 Å². The fraction of sp³-hybridized carbons (Fsp3) is 0.227. The zero-order chi connectivity index (χ0) is 20.3. The summed E-state index contributed by atoms with van der Waals surface area (Å²) < 4.78 is 0. The molecule has 0 aliphatic carbocycles. The van der Waals surface area contributed by atoms with Gasteiger partial charge in [0.2, 0.25) is 0 Å². The second kappa shape index (κ2) is 8.08. The van der Waals surface area contributed by atoms with Crippen LogP contribution in [0, 0.1) is 0 Å². The summed E-state index contributed by atoms with van der Waals surface area (Å²) >= 11 is 0. The number of aliphatic carboxylic acids is 1. The number of benzene rings is 2. The molecular formula is C22H23N3O3. The van der Waals surface area contributed by atoms with Crippen LogP contribution in [-0.2, 0) is 4.79 Å². The van der Waals surface area contributed by atoms with Gasteiger partial charge in [0.25, 0.3) is 5.91 Å². The number of hydrogen-bond donors (Lipinski definition) is 2. The fourth-order valence-electron chi connectivity index (χ4n) is 3.21. The monoisotopic (exact) mass is 377 g/mol. The van der Waals surface area contributed by atoms with Gasteiger partial charge in [0.05, 0.1) is 5.69 Å². The zero-order valence-corrected chi connectivity index (χ0v) is 16.0. The van der Waals surface area contributed by atoms with Crippen LogP contribution >= 0.6 is 0 Å². The van der Waals surface area contributed by atoms with Crippen molar-refractivity contribution in [3.8, 4) is 11.1 Å². The maximum atomic E-state index is 12.4. The van der Waals surface area contributed by atoms with Crippen molar-refractivity contribution >= 4 is 29.5 Å². The summed E-state index contributed by atoms with van der Waals surface area (Å²) in [6.45, 7) is 5.27. The lowest BCUT2D eigenvalue weighted by Crippen LogP contribution is -2.30. The van der Waals surface area contributed by atoms with E-state index in [4.69, 9.17) is 5.73 Å². The molecule has 0 bridgehead atoms. The molecule has 0 saturated heterocycles. The molecule has 2 aromatic carbocycles. The molecule has 2 aromatic rings. The fourth-order valence-corrected chi connectivity index (χ4v) is 3.21. The molecule has 0 atom stereocenters. The lowest BCUT2D eigenvalue weighted by atomic mass is 10.00. The molecule has 144 valence electrons. The summed E-state index contributed by atoms with van der Waals surface area (Å²) in [5.41, 5.74) is 9.96. The molecule has 0 radical (unpaired) electrons. The maximum absolute atomic E-state index is 12.4. The Morgan fingerprint density at radius 3 is 2.32 bits per heavy atom. The number of aliphatic imine (C=N–C) groups is 1. The summed E-state index contributed by atoms with van der Waals surface area (Å²) in [6.07, 6.45) is 1.72. The van der Waals surface area contributed by atoms with Crippen molar-refractivity contribution in [2.75, 3.05) is 13.1 Å². The van der Waals surface area contributed by atoms with Crippen molar-refractivity contribution in [3.63, 3.8) is 0 Å². The Morgan fingerprint density at radius 2 is 1.71 bits per heavy atom. The number of nitrogens with two attached hydrogens (primary N) is 1. The molecule has 28 heavy (non-hydrogen) atoms. The first-order chi connectivity index (χ1) is 13.4. The Bertz CT molecular complexity index is 971. The third-order valence-electron chi connectivity index (χ3n) is 4.79. The van der Waals surface area contributed by atoms with Crippen molar-refractivity contribution in [2.24, 2.45) is 10.7 Å². The van der Waals surface area contributed by atoms with E-state index in [1.54, 1.807) is 11.0 Å². The van der Waals surface area contributed by atoms with Gasteiger partial charge < -0.3 is 15.7 Å². The van der Waals surface area contributed by atoms with Gasteiger partial charge in [-0.1, -0.05) is 24.3 Å². The van der Waals surface area contributed by atoms with Gasteiger partial charge in [0, 0.05) is 36.2 Å². The average molecular weight is 377 g/mol. The third kappa shape index (κ3) is 3.96. The van der Waals surface area contributed by atoms with Gasteiger partial charge >= 0.3 is 5.97 Å². The van der Waals surface area contributed by atoms with Crippen molar-refractivity contribution in [2.45, 2.75) is 20.3 Å². The van der Waals surface area contributed by atoms with Crippen molar-refractivity contribution in [1.29, 1.82) is 0 Å². The summed E-state index contributed by atoms with van der Waals surface area (Å²) in [6, 6.07) is 13.1. The standard InChI is InChI=1S/C22H23N3O3/c1-3-25(4-2)21(26)15-7-5-14(6-8-15)16-9-10-17-11-18(22(27)28)13-20(23)24-19(17)12-16/h5-12H,3-4,13H2,1-2H3,(H2,23,24)(H,27,28). The number of fused-ring (bicyclic) bond motifs is 1. The van der Waals surface area contributed by atoms with Gasteiger partial charge in [-0.25, -0.2) is 9.79 Å². The van der Waals surface area contributed by atoms with E-state index in [-0.39, 0.29) is 23.7 Å². The van der Waals surface area contributed by atoms with Crippen LogP contribution in [0.25, 0.3) is 17.2 Å². The molecule has 1 aliphatic heterocycles. The van der Waals surface area contributed by atoms with Crippen molar-refractivity contribution in [3.05, 3.63) is 59.2 Å². The summed E-state index contributed by atoms with van der Waals surface area (Å²) in [5, 5.41) is 9.27. The van der Waals surface area contributed by atoms with Crippen LogP contribution in [0.5, 0.6) is 0 Å². The number of carboxylic acid groups (broad SMARTS) is 1. The number of carbonyl (C=O) groups is 2. The molecule has 1 heterocycles. The number of amidine groups is 1. The second-order valence-corrected chi connectivity index (χ2v) is 6.58. The first kappa shape index (κ1) is 19.4. The molecule has 0 fully saturated rings. The Balaban J connectivity index is 1.93. The molecule has 0 spiro atoms. The first-order valence-corrected chi connectivity index (χ1v) is 9.23. The van der Waals surface area contributed by atoms with Gasteiger partial charge in [0.15, 0.2) is 0 Å². The van der Waals surface area contributed by atoms with Gasteiger partial charge in [0.1, 0.15) is 5.84 Å². The van der Waals surface area contributed by atoms with Crippen LogP contribution in [-0.4, -0.2) is 40.8 Å². The molecule has 6 nitrogen and oxygen atoms in total. The maximum Gasteiger partial charge on any atom is 0.332 e. The summed E-state index contributed by atoms with van der Waals surface area (Å²) in [5.74, 6) is -0.713. The number of carbonyl (C=O) groups excluding carboxylic acids is 1.